The number of amides is 1. The number of sulfonamides is 1. The predicted molar refractivity (Wildman–Crippen MR) is 109 cm³/mol. The highest BCUT2D eigenvalue weighted by Crippen LogP contribution is 2.29. The number of methoxy groups -OCH3 is 1. The molecule has 0 bridgehead atoms. The van der Waals surface area contributed by atoms with E-state index in [0.717, 1.165) is 12.8 Å². The lowest BCUT2D eigenvalue weighted by Crippen LogP contribution is -2.28. The summed E-state index contributed by atoms with van der Waals surface area (Å²) in [4.78, 5) is 23.0. The van der Waals surface area contributed by atoms with Crippen molar-refractivity contribution in [3.05, 3.63) is 58.1 Å². The first kappa shape index (κ1) is 22.3. The molecule has 0 aliphatic rings. The third kappa shape index (κ3) is 5.30. The van der Waals surface area contributed by atoms with Gasteiger partial charge in [-0.1, -0.05) is 13.3 Å². The van der Waals surface area contributed by atoms with Crippen molar-refractivity contribution in [1.29, 1.82) is 0 Å². The van der Waals surface area contributed by atoms with E-state index in [-0.39, 0.29) is 27.6 Å². The molecule has 0 unspecified atom stereocenters. The maximum absolute atomic E-state index is 12.5. The van der Waals surface area contributed by atoms with Gasteiger partial charge in [-0.05, 0) is 36.8 Å². The molecule has 1 N–H and O–H groups in total. The van der Waals surface area contributed by atoms with E-state index < -0.39 is 20.9 Å². The molecule has 0 aromatic heterocycles. The number of nitro benzene ring substituents is 1. The Balaban J connectivity index is 2.21. The van der Waals surface area contributed by atoms with Crippen molar-refractivity contribution in [2.24, 2.45) is 0 Å². The van der Waals surface area contributed by atoms with E-state index in [1.807, 2.05) is 6.92 Å². The number of rotatable bonds is 9. The van der Waals surface area contributed by atoms with Crippen molar-refractivity contribution >= 4 is 27.3 Å². The summed E-state index contributed by atoms with van der Waals surface area (Å²) in [5, 5.41) is 13.5. The molecule has 0 fully saturated rings. The van der Waals surface area contributed by atoms with E-state index in [0.29, 0.717) is 6.54 Å². The fourth-order valence-electron chi connectivity index (χ4n) is 2.56. The van der Waals surface area contributed by atoms with Gasteiger partial charge in [-0.3, -0.25) is 14.9 Å². The minimum absolute atomic E-state index is 0.0839. The summed E-state index contributed by atoms with van der Waals surface area (Å²) >= 11 is 0. The average Bonchev–Trinajstić information content (AvgIpc) is 2.71. The van der Waals surface area contributed by atoms with E-state index in [4.69, 9.17) is 4.74 Å². The van der Waals surface area contributed by atoms with Gasteiger partial charge in [-0.2, -0.15) is 0 Å². The van der Waals surface area contributed by atoms with Gasteiger partial charge in [0.2, 0.25) is 10.0 Å². The van der Waals surface area contributed by atoms with Gasteiger partial charge in [0.15, 0.2) is 0 Å². The molecule has 0 aliphatic heterocycles. The Morgan fingerprint density at radius 2 is 1.86 bits per heavy atom. The van der Waals surface area contributed by atoms with Crippen LogP contribution in [-0.4, -0.2) is 44.3 Å². The first-order chi connectivity index (χ1) is 13.7. The number of unbranched alkanes of at least 4 members (excludes halogenated alkanes) is 1. The molecular weight excluding hydrogens is 398 g/mol. The minimum Gasteiger partial charge on any atom is -0.495 e. The van der Waals surface area contributed by atoms with Gasteiger partial charge in [0.05, 0.1) is 22.6 Å². The molecule has 0 radical (unpaired) electrons. The van der Waals surface area contributed by atoms with Gasteiger partial charge >= 0.3 is 0 Å². The Bertz CT molecular complexity index is 990. The van der Waals surface area contributed by atoms with Crippen molar-refractivity contribution in [1.82, 2.24) is 4.31 Å². The molecular formula is C19H23N3O6S. The van der Waals surface area contributed by atoms with Crippen LogP contribution in [0.1, 0.15) is 30.1 Å². The van der Waals surface area contributed by atoms with Crippen molar-refractivity contribution in [2.75, 3.05) is 26.0 Å². The standard InChI is InChI=1S/C19H23N3O6S/c1-4-5-12-21(2)29(26,27)16-9-6-14(7-10-16)19(23)20-17-13-15(22(24)25)8-11-18(17)28-3/h6-11,13H,4-5,12H2,1-3H3,(H,20,23). The quantitative estimate of drug-likeness (QED) is 0.490. The van der Waals surface area contributed by atoms with Gasteiger partial charge in [0, 0.05) is 31.3 Å². The number of nitrogens with one attached hydrogen (secondary N) is 1. The molecule has 1 amide bonds. The van der Waals surface area contributed by atoms with Crippen LogP contribution in [0.4, 0.5) is 11.4 Å². The number of hydrogen-bond acceptors (Lipinski definition) is 6. The minimum atomic E-state index is -3.63. The lowest BCUT2D eigenvalue weighted by Gasteiger charge is -2.17. The second kappa shape index (κ2) is 9.48. The molecule has 0 spiro atoms. The maximum atomic E-state index is 12.5. The molecule has 2 aromatic carbocycles. The highest BCUT2D eigenvalue weighted by Gasteiger charge is 2.21. The van der Waals surface area contributed by atoms with Crippen LogP contribution in [0.2, 0.25) is 0 Å². The molecule has 9 nitrogen and oxygen atoms in total. The number of benzene rings is 2. The van der Waals surface area contributed by atoms with Crippen LogP contribution >= 0.6 is 0 Å². The second-order valence-corrected chi connectivity index (χ2v) is 8.35. The first-order valence-electron chi connectivity index (χ1n) is 8.91. The van der Waals surface area contributed by atoms with Gasteiger partial charge in [-0.15, -0.1) is 0 Å². The normalized spacial score (nSPS) is 11.3. The van der Waals surface area contributed by atoms with Gasteiger partial charge in [0.25, 0.3) is 11.6 Å². The van der Waals surface area contributed by atoms with Crippen LogP contribution in [0.5, 0.6) is 5.75 Å². The summed E-state index contributed by atoms with van der Waals surface area (Å²) in [5.74, 6) is -0.284. The Morgan fingerprint density at radius 3 is 2.41 bits per heavy atom. The zero-order valence-corrected chi connectivity index (χ0v) is 17.2. The van der Waals surface area contributed by atoms with E-state index >= 15 is 0 Å². The second-order valence-electron chi connectivity index (χ2n) is 6.30. The number of carbonyl (C=O) groups is 1. The number of ether oxygens (including phenoxy) is 1. The third-order valence-electron chi connectivity index (χ3n) is 4.29. The Labute approximate surface area is 169 Å². The van der Waals surface area contributed by atoms with Crippen molar-refractivity contribution in [3.8, 4) is 5.75 Å². The first-order valence-corrected chi connectivity index (χ1v) is 10.3. The topological polar surface area (TPSA) is 119 Å². The largest absolute Gasteiger partial charge is 0.495 e. The molecule has 2 aromatic rings. The van der Waals surface area contributed by atoms with Gasteiger partial charge < -0.3 is 10.1 Å². The van der Waals surface area contributed by atoms with E-state index in [9.17, 15) is 23.3 Å². The smallest absolute Gasteiger partial charge is 0.271 e. The van der Waals surface area contributed by atoms with Crippen LogP contribution in [0.25, 0.3) is 0 Å². The average molecular weight is 421 g/mol. The summed E-state index contributed by atoms with van der Waals surface area (Å²) in [7, 11) is -0.737. The SMILES string of the molecule is CCCCN(C)S(=O)(=O)c1ccc(C(=O)Nc2cc([N+](=O)[O-])ccc2OC)cc1. The van der Waals surface area contributed by atoms with Crippen molar-refractivity contribution in [2.45, 2.75) is 24.7 Å². The molecule has 156 valence electrons. The van der Waals surface area contributed by atoms with E-state index in [2.05, 4.69) is 5.32 Å². The van der Waals surface area contributed by atoms with Crippen LogP contribution < -0.4 is 10.1 Å². The molecule has 0 saturated carbocycles. The summed E-state index contributed by atoms with van der Waals surface area (Å²) in [5.41, 5.74) is 0.147. The fourth-order valence-corrected chi connectivity index (χ4v) is 3.77. The Kier molecular flexibility index (Phi) is 7.29. The number of anilines is 1. The number of nitro groups is 1. The highest BCUT2D eigenvalue weighted by atomic mass is 32.2. The monoisotopic (exact) mass is 421 g/mol. The van der Waals surface area contributed by atoms with Crippen LogP contribution in [-0.2, 0) is 10.0 Å². The molecule has 2 rings (SSSR count). The number of hydrogen-bond donors (Lipinski definition) is 1. The molecule has 29 heavy (non-hydrogen) atoms. The summed E-state index contributed by atoms with van der Waals surface area (Å²) in [6, 6.07) is 9.34. The van der Waals surface area contributed by atoms with Crippen LogP contribution in [0, 0.1) is 10.1 Å². The fraction of sp³-hybridized carbons (Fsp3) is 0.316. The van der Waals surface area contributed by atoms with Crippen molar-refractivity contribution < 1.29 is 22.9 Å². The van der Waals surface area contributed by atoms with Crippen LogP contribution in [0.3, 0.4) is 0 Å². The third-order valence-corrected chi connectivity index (χ3v) is 6.16. The Hall–Kier alpha value is -2.98. The summed E-state index contributed by atoms with van der Waals surface area (Å²) < 4.78 is 31.5. The maximum Gasteiger partial charge on any atom is 0.271 e. The molecule has 0 atom stereocenters. The van der Waals surface area contributed by atoms with Crippen LogP contribution in [0.15, 0.2) is 47.4 Å². The van der Waals surface area contributed by atoms with Gasteiger partial charge in [-0.25, -0.2) is 12.7 Å². The summed E-state index contributed by atoms with van der Waals surface area (Å²) in [6.07, 6.45) is 1.63. The van der Waals surface area contributed by atoms with E-state index in [1.165, 1.54) is 60.9 Å². The summed E-state index contributed by atoms with van der Waals surface area (Å²) in [6.45, 7) is 2.39. The van der Waals surface area contributed by atoms with E-state index in [1.54, 1.807) is 0 Å². The molecule has 0 aliphatic carbocycles. The zero-order chi connectivity index (χ0) is 21.6. The predicted octanol–water partition coefficient (Wildman–Crippen LogP) is 3.28. The molecule has 10 heteroatoms. The van der Waals surface area contributed by atoms with Gasteiger partial charge in [0.1, 0.15) is 5.75 Å². The number of carbonyl (C=O) groups excluding carboxylic acids is 1. The lowest BCUT2D eigenvalue weighted by atomic mass is 10.2. The lowest BCUT2D eigenvalue weighted by molar-refractivity contribution is -0.384. The zero-order valence-electron chi connectivity index (χ0n) is 16.4. The Morgan fingerprint density at radius 1 is 1.21 bits per heavy atom. The molecule has 0 heterocycles. The number of nitrogens with zero attached hydrogens (tertiary/aromatic N) is 2. The highest BCUT2D eigenvalue weighted by molar-refractivity contribution is 7.89. The van der Waals surface area contributed by atoms with Crippen molar-refractivity contribution in [3.63, 3.8) is 0 Å². The number of non-ortho nitro benzene ring substituents is 1. The molecule has 0 saturated heterocycles.